The summed E-state index contributed by atoms with van der Waals surface area (Å²) in [6, 6.07) is 0. The Morgan fingerprint density at radius 2 is 2.00 bits per heavy atom. The lowest BCUT2D eigenvalue weighted by Gasteiger charge is -2.17. The van der Waals surface area contributed by atoms with Crippen LogP contribution in [0, 0.1) is 0 Å². The quantitative estimate of drug-likeness (QED) is 0.447. The van der Waals surface area contributed by atoms with E-state index in [9.17, 15) is 0 Å². The average molecular weight is 233 g/mol. The maximum Gasteiger partial charge on any atom is 0.0957 e. The monoisotopic (exact) mass is 233 g/mol. The summed E-state index contributed by atoms with van der Waals surface area (Å²) < 4.78 is 0. The maximum absolute atomic E-state index is 5.52. The van der Waals surface area contributed by atoms with Gasteiger partial charge in [0.15, 0.2) is 0 Å². The summed E-state index contributed by atoms with van der Waals surface area (Å²) >= 11 is 0. The molecule has 0 amide bonds. The van der Waals surface area contributed by atoms with Gasteiger partial charge in [0.05, 0.1) is 5.84 Å². The molecule has 0 aromatic heterocycles. The topological polar surface area (TPSA) is 50.4 Å². The molecule has 0 unspecified atom stereocenters. The van der Waals surface area contributed by atoms with Crippen molar-refractivity contribution in [3.05, 3.63) is 34.6 Å². The zero-order valence-electron chi connectivity index (χ0n) is 11.3. The number of rotatable bonds is 3. The minimum absolute atomic E-state index is 0.592. The summed E-state index contributed by atoms with van der Waals surface area (Å²) in [5, 5.41) is 3.37. The van der Waals surface area contributed by atoms with Gasteiger partial charge in [0.2, 0.25) is 0 Å². The zero-order chi connectivity index (χ0) is 12.8. The number of nitrogens with zero attached hydrogens (tertiary/aromatic N) is 1. The van der Waals surface area contributed by atoms with Gasteiger partial charge < -0.3 is 11.1 Å². The first-order valence-corrected chi connectivity index (χ1v) is 6.05. The number of nitrogens with one attached hydrogen (secondary N) is 1. The largest absolute Gasteiger partial charge is 0.387 e. The Balaban J connectivity index is 2.85. The molecule has 0 radical (unpaired) electrons. The Hall–Kier alpha value is -1.35. The standard InChI is InChI=1S/C14H23N3/c1-10(11(2)9-17-13(4)15)7-14-5-6-16-8-12(14)3/h7,9,16H,5-6,8H2,1-4H3,(H2,15,17)/b10-7+,11-9?. The highest BCUT2D eigenvalue weighted by Crippen LogP contribution is 2.18. The van der Waals surface area contributed by atoms with Gasteiger partial charge in [-0.3, -0.25) is 0 Å². The van der Waals surface area contributed by atoms with Crippen LogP contribution in [-0.2, 0) is 0 Å². The molecule has 94 valence electrons. The van der Waals surface area contributed by atoms with Crippen LogP contribution in [0.25, 0.3) is 0 Å². The third-order valence-electron chi connectivity index (χ3n) is 2.98. The molecule has 0 bridgehead atoms. The summed E-state index contributed by atoms with van der Waals surface area (Å²) in [4.78, 5) is 4.12. The molecule has 3 N–H and O–H groups in total. The third kappa shape index (κ3) is 4.57. The molecule has 1 aliphatic heterocycles. The minimum atomic E-state index is 0.592. The van der Waals surface area contributed by atoms with Crippen molar-refractivity contribution < 1.29 is 0 Å². The molecule has 0 saturated carbocycles. The summed E-state index contributed by atoms with van der Waals surface area (Å²) in [6.45, 7) is 10.2. The molecule has 3 heteroatoms. The van der Waals surface area contributed by atoms with E-state index < -0.39 is 0 Å². The molecule has 3 nitrogen and oxygen atoms in total. The Bertz CT molecular complexity index is 394. The van der Waals surface area contributed by atoms with Crippen LogP contribution in [-0.4, -0.2) is 18.9 Å². The lowest BCUT2D eigenvalue weighted by molar-refractivity contribution is 0.685. The van der Waals surface area contributed by atoms with Crippen LogP contribution in [0.2, 0.25) is 0 Å². The maximum atomic E-state index is 5.52. The van der Waals surface area contributed by atoms with E-state index in [-0.39, 0.29) is 0 Å². The molecule has 0 fully saturated rings. The molecule has 0 aliphatic carbocycles. The normalized spacial score (nSPS) is 19.9. The molecule has 1 rings (SSSR count). The number of amidine groups is 1. The lowest BCUT2D eigenvalue weighted by atomic mass is 9.98. The molecule has 0 atom stereocenters. The van der Waals surface area contributed by atoms with E-state index in [4.69, 9.17) is 5.73 Å². The van der Waals surface area contributed by atoms with E-state index in [1.165, 1.54) is 16.7 Å². The fourth-order valence-electron chi connectivity index (χ4n) is 1.70. The Morgan fingerprint density at radius 1 is 1.29 bits per heavy atom. The Morgan fingerprint density at radius 3 is 2.59 bits per heavy atom. The molecular formula is C14H23N3. The van der Waals surface area contributed by atoms with Crippen LogP contribution in [0.4, 0.5) is 0 Å². The van der Waals surface area contributed by atoms with Crippen molar-refractivity contribution in [2.75, 3.05) is 13.1 Å². The van der Waals surface area contributed by atoms with E-state index in [0.717, 1.165) is 25.1 Å². The first kappa shape index (κ1) is 13.7. The van der Waals surface area contributed by atoms with Gasteiger partial charge in [-0.15, -0.1) is 0 Å². The van der Waals surface area contributed by atoms with Crippen LogP contribution in [0.3, 0.4) is 0 Å². The molecule has 1 aliphatic rings. The van der Waals surface area contributed by atoms with E-state index >= 15 is 0 Å². The molecule has 0 aromatic rings. The van der Waals surface area contributed by atoms with Crippen LogP contribution in [0.1, 0.15) is 34.1 Å². The highest BCUT2D eigenvalue weighted by molar-refractivity contribution is 5.78. The summed E-state index contributed by atoms with van der Waals surface area (Å²) in [6.07, 6.45) is 5.21. The molecule has 0 aromatic carbocycles. The number of nitrogens with two attached hydrogens (primary N) is 1. The van der Waals surface area contributed by atoms with Crippen molar-refractivity contribution in [3.8, 4) is 0 Å². The first-order valence-electron chi connectivity index (χ1n) is 6.05. The highest BCUT2D eigenvalue weighted by atomic mass is 14.9. The SMILES string of the molecule is CC(=CN=C(C)N)/C(C)=C/C1=C(C)CNCC1. The molecule has 17 heavy (non-hydrogen) atoms. The van der Waals surface area contributed by atoms with Crippen molar-refractivity contribution in [1.82, 2.24) is 5.32 Å². The molecule has 0 saturated heterocycles. The molecule has 1 heterocycles. The summed E-state index contributed by atoms with van der Waals surface area (Å²) in [7, 11) is 0. The van der Waals surface area contributed by atoms with Gasteiger partial charge in [-0.2, -0.15) is 0 Å². The predicted molar refractivity (Wildman–Crippen MR) is 75.0 cm³/mol. The van der Waals surface area contributed by atoms with Crippen LogP contribution >= 0.6 is 0 Å². The number of allylic oxidation sites excluding steroid dienone is 3. The second-order valence-electron chi connectivity index (χ2n) is 4.64. The van der Waals surface area contributed by atoms with Crippen LogP contribution < -0.4 is 11.1 Å². The number of aliphatic imine (C=N–C) groups is 1. The third-order valence-corrected chi connectivity index (χ3v) is 2.98. The fraction of sp³-hybridized carbons (Fsp3) is 0.500. The number of hydrogen-bond acceptors (Lipinski definition) is 2. The van der Waals surface area contributed by atoms with Gasteiger partial charge in [0.25, 0.3) is 0 Å². The van der Waals surface area contributed by atoms with Crippen molar-refractivity contribution in [3.63, 3.8) is 0 Å². The lowest BCUT2D eigenvalue weighted by Crippen LogP contribution is -2.23. The van der Waals surface area contributed by atoms with Gasteiger partial charge in [-0.25, -0.2) is 4.99 Å². The highest BCUT2D eigenvalue weighted by Gasteiger charge is 2.06. The van der Waals surface area contributed by atoms with Crippen molar-refractivity contribution in [2.45, 2.75) is 34.1 Å². The van der Waals surface area contributed by atoms with Crippen molar-refractivity contribution in [2.24, 2.45) is 10.7 Å². The Kier molecular flexibility index (Phi) is 5.16. The predicted octanol–water partition coefficient (Wildman–Crippen LogP) is 2.52. The molecular weight excluding hydrogens is 210 g/mol. The second-order valence-corrected chi connectivity index (χ2v) is 4.64. The first-order chi connectivity index (χ1) is 8.00. The van der Waals surface area contributed by atoms with Gasteiger partial charge >= 0.3 is 0 Å². The van der Waals surface area contributed by atoms with Crippen LogP contribution in [0.15, 0.2) is 39.6 Å². The summed E-state index contributed by atoms with van der Waals surface area (Å²) in [5.41, 5.74) is 10.8. The fourth-order valence-corrected chi connectivity index (χ4v) is 1.70. The van der Waals surface area contributed by atoms with Gasteiger partial charge in [-0.05, 0) is 57.4 Å². The van der Waals surface area contributed by atoms with Crippen molar-refractivity contribution >= 4 is 5.84 Å². The Labute approximate surface area is 104 Å². The molecule has 0 spiro atoms. The average Bonchev–Trinajstić information content (AvgIpc) is 2.28. The van der Waals surface area contributed by atoms with Crippen molar-refractivity contribution in [1.29, 1.82) is 0 Å². The smallest absolute Gasteiger partial charge is 0.0957 e. The van der Waals surface area contributed by atoms with E-state index in [1.54, 1.807) is 6.92 Å². The van der Waals surface area contributed by atoms with Gasteiger partial charge in [0.1, 0.15) is 0 Å². The van der Waals surface area contributed by atoms with Gasteiger partial charge in [-0.1, -0.05) is 11.6 Å². The second kappa shape index (κ2) is 6.40. The zero-order valence-corrected chi connectivity index (χ0v) is 11.3. The van der Waals surface area contributed by atoms with E-state index in [2.05, 4.69) is 37.2 Å². The van der Waals surface area contributed by atoms with Crippen LogP contribution in [0.5, 0.6) is 0 Å². The van der Waals surface area contributed by atoms with Gasteiger partial charge in [0, 0.05) is 12.7 Å². The summed E-state index contributed by atoms with van der Waals surface area (Å²) in [5.74, 6) is 0.592. The minimum Gasteiger partial charge on any atom is -0.387 e. The number of hydrogen-bond donors (Lipinski definition) is 2. The van der Waals surface area contributed by atoms with E-state index in [1.807, 2.05) is 6.20 Å². The van der Waals surface area contributed by atoms with E-state index in [0.29, 0.717) is 5.84 Å².